The van der Waals surface area contributed by atoms with Crippen molar-refractivity contribution in [1.29, 1.82) is 5.26 Å². The van der Waals surface area contributed by atoms with Gasteiger partial charge in [-0.05, 0) is 36.2 Å². The molecule has 0 unspecified atom stereocenters. The molecule has 0 aliphatic carbocycles. The van der Waals surface area contributed by atoms with Gasteiger partial charge in [0.05, 0.1) is 11.6 Å². The Labute approximate surface area is 112 Å². The standard InChI is InChI=1S/C16H15FN2/c1-12(13-6-8-16(17)9-7-13)19-11-15-5-3-2-4-14(15)10-18/h2-9,12,19H,11H2,1H3/t12-/m0/s1. The molecule has 96 valence electrons. The topological polar surface area (TPSA) is 35.8 Å². The second-order valence-corrected chi connectivity index (χ2v) is 4.42. The number of halogens is 1. The van der Waals surface area contributed by atoms with Gasteiger partial charge in [-0.2, -0.15) is 5.26 Å². The minimum absolute atomic E-state index is 0.104. The Morgan fingerprint density at radius 1 is 1.16 bits per heavy atom. The fraction of sp³-hybridized carbons (Fsp3) is 0.188. The molecule has 0 amide bonds. The van der Waals surface area contributed by atoms with Gasteiger partial charge in [-0.3, -0.25) is 0 Å². The lowest BCUT2D eigenvalue weighted by atomic mass is 10.1. The van der Waals surface area contributed by atoms with Crippen molar-refractivity contribution in [1.82, 2.24) is 5.32 Å². The van der Waals surface area contributed by atoms with Gasteiger partial charge in [0.2, 0.25) is 0 Å². The number of hydrogen-bond donors (Lipinski definition) is 1. The zero-order valence-corrected chi connectivity index (χ0v) is 10.7. The fourth-order valence-electron chi connectivity index (χ4n) is 1.92. The van der Waals surface area contributed by atoms with Crippen molar-refractivity contribution in [3.8, 4) is 6.07 Å². The number of nitriles is 1. The van der Waals surface area contributed by atoms with E-state index in [1.807, 2.05) is 25.1 Å². The Morgan fingerprint density at radius 3 is 2.53 bits per heavy atom. The van der Waals surface area contributed by atoms with E-state index in [1.165, 1.54) is 12.1 Å². The number of hydrogen-bond acceptors (Lipinski definition) is 2. The molecule has 2 rings (SSSR count). The predicted octanol–water partition coefficient (Wildman–Crippen LogP) is 3.55. The normalized spacial score (nSPS) is 11.8. The van der Waals surface area contributed by atoms with Gasteiger partial charge in [0.1, 0.15) is 5.82 Å². The minimum Gasteiger partial charge on any atom is -0.306 e. The molecule has 0 aromatic heterocycles. The van der Waals surface area contributed by atoms with Crippen LogP contribution < -0.4 is 5.32 Å². The number of nitrogens with one attached hydrogen (secondary N) is 1. The maximum absolute atomic E-state index is 12.8. The number of nitrogens with zero attached hydrogens (tertiary/aromatic N) is 1. The first-order valence-corrected chi connectivity index (χ1v) is 6.17. The summed E-state index contributed by atoms with van der Waals surface area (Å²) < 4.78 is 12.8. The lowest BCUT2D eigenvalue weighted by molar-refractivity contribution is 0.570. The lowest BCUT2D eigenvalue weighted by Gasteiger charge is -2.14. The highest BCUT2D eigenvalue weighted by Gasteiger charge is 2.06. The summed E-state index contributed by atoms with van der Waals surface area (Å²) in [6.07, 6.45) is 0. The summed E-state index contributed by atoms with van der Waals surface area (Å²) in [6.45, 7) is 2.63. The van der Waals surface area contributed by atoms with Crippen molar-refractivity contribution in [2.45, 2.75) is 19.5 Å². The molecular formula is C16H15FN2. The smallest absolute Gasteiger partial charge is 0.123 e. The molecule has 0 saturated heterocycles. The van der Waals surface area contributed by atoms with E-state index < -0.39 is 0 Å². The first-order valence-electron chi connectivity index (χ1n) is 6.17. The summed E-state index contributed by atoms with van der Waals surface area (Å²) in [5.41, 5.74) is 2.68. The van der Waals surface area contributed by atoms with Gasteiger partial charge in [0.25, 0.3) is 0 Å². The maximum atomic E-state index is 12.8. The van der Waals surface area contributed by atoms with E-state index in [9.17, 15) is 4.39 Å². The number of benzene rings is 2. The molecule has 0 bridgehead atoms. The Morgan fingerprint density at radius 2 is 1.84 bits per heavy atom. The van der Waals surface area contributed by atoms with Gasteiger partial charge in [-0.1, -0.05) is 30.3 Å². The van der Waals surface area contributed by atoms with Gasteiger partial charge < -0.3 is 5.32 Å². The van der Waals surface area contributed by atoms with Crippen molar-refractivity contribution < 1.29 is 4.39 Å². The largest absolute Gasteiger partial charge is 0.306 e. The molecule has 1 atom stereocenters. The van der Waals surface area contributed by atoms with Crippen LogP contribution in [-0.4, -0.2) is 0 Å². The van der Waals surface area contributed by atoms with Crippen LogP contribution in [0.1, 0.15) is 29.7 Å². The van der Waals surface area contributed by atoms with Crippen LogP contribution in [0.4, 0.5) is 4.39 Å². The SMILES string of the molecule is C[C@H](NCc1ccccc1C#N)c1ccc(F)cc1. The van der Waals surface area contributed by atoms with E-state index in [0.717, 1.165) is 11.1 Å². The van der Waals surface area contributed by atoms with E-state index >= 15 is 0 Å². The zero-order chi connectivity index (χ0) is 13.7. The molecule has 2 aromatic carbocycles. The minimum atomic E-state index is -0.231. The quantitative estimate of drug-likeness (QED) is 0.905. The summed E-state index contributed by atoms with van der Waals surface area (Å²) in [5.74, 6) is -0.231. The van der Waals surface area contributed by atoms with E-state index in [0.29, 0.717) is 12.1 Å². The van der Waals surface area contributed by atoms with E-state index in [2.05, 4.69) is 11.4 Å². The average Bonchev–Trinajstić information content (AvgIpc) is 2.45. The van der Waals surface area contributed by atoms with E-state index in [-0.39, 0.29) is 11.9 Å². The van der Waals surface area contributed by atoms with Crippen LogP contribution >= 0.6 is 0 Å². The summed E-state index contributed by atoms with van der Waals surface area (Å²) >= 11 is 0. The Hall–Kier alpha value is -2.18. The Balaban J connectivity index is 2.02. The third-order valence-electron chi connectivity index (χ3n) is 3.11. The second kappa shape index (κ2) is 6.12. The Kier molecular flexibility index (Phi) is 4.27. The average molecular weight is 254 g/mol. The van der Waals surface area contributed by atoms with E-state index in [4.69, 9.17) is 5.26 Å². The van der Waals surface area contributed by atoms with Gasteiger partial charge in [0, 0.05) is 12.6 Å². The van der Waals surface area contributed by atoms with Crippen molar-refractivity contribution >= 4 is 0 Å². The first kappa shape index (κ1) is 13.3. The first-order chi connectivity index (χ1) is 9.20. The van der Waals surface area contributed by atoms with Crippen molar-refractivity contribution in [2.24, 2.45) is 0 Å². The summed E-state index contributed by atoms with van der Waals surface area (Å²) in [6, 6.07) is 16.2. The monoisotopic (exact) mass is 254 g/mol. The maximum Gasteiger partial charge on any atom is 0.123 e. The molecule has 0 saturated carbocycles. The Bertz CT molecular complexity index is 584. The molecule has 0 radical (unpaired) electrons. The molecule has 0 fully saturated rings. The third-order valence-corrected chi connectivity index (χ3v) is 3.11. The molecule has 2 nitrogen and oxygen atoms in total. The highest BCUT2D eigenvalue weighted by molar-refractivity contribution is 5.37. The highest BCUT2D eigenvalue weighted by Crippen LogP contribution is 2.14. The van der Waals surface area contributed by atoms with Crippen LogP contribution in [0.2, 0.25) is 0 Å². The highest BCUT2D eigenvalue weighted by atomic mass is 19.1. The van der Waals surface area contributed by atoms with Crippen LogP contribution in [0.15, 0.2) is 48.5 Å². The van der Waals surface area contributed by atoms with Crippen molar-refractivity contribution in [3.05, 3.63) is 71.0 Å². The van der Waals surface area contributed by atoms with Crippen molar-refractivity contribution in [2.75, 3.05) is 0 Å². The lowest BCUT2D eigenvalue weighted by Crippen LogP contribution is -2.18. The van der Waals surface area contributed by atoms with E-state index in [1.54, 1.807) is 18.2 Å². The van der Waals surface area contributed by atoms with Gasteiger partial charge >= 0.3 is 0 Å². The van der Waals surface area contributed by atoms with Crippen molar-refractivity contribution in [3.63, 3.8) is 0 Å². The molecule has 1 N–H and O–H groups in total. The van der Waals surface area contributed by atoms with Gasteiger partial charge in [-0.25, -0.2) is 4.39 Å². The number of rotatable bonds is 4. The van der Waals surface area contributed by atoms with Crippen LogP contribution in [0, 0.1) is 17.1 Å². The van der Waals surface area contributed by atoms with Crippen LogP contribution in [0.25, 0.3) is 0 Å². The van der Waals surface area contributed by atoms with Crippen LogP contribution in [-0.2, 0) is 6.54 Å². The molecule has 3 heteroatoms. The molecule has 0 aliphatic rings. The summed E-state index contributed by atoms with van der Waals surface area (Å²) in [4.78, 5) is 0. The van der Waals surface area contributed by atoms with Gasteiger partial charge in [0.15, 0.2) is 0 Å². The zero-order valence-electron chi connectivity index (χ0n) is 10.7. The molecule has 0 spiro atoms. The molecular weight excluding hydrogens is 239 g/mol. The molecule has 2 aromatic rings. The molecule has 0 aliphatic heterocycles. The van der Waals surface area contributed by atoms with Crippen LogP contribution in [0.5, 0.6) is 0 Å². The molecule has 19 heavy (non-hydrogen) atoms. The van der Waals surface area contributed by atoms with Gasteiger partial charge in [-0.15, -0.1) is 0 Å². The van der Waals surface area contributed by atoms with Crippen LogP contribution in [0.3, 0.4) is 0 Å². The second-order valence-electron chi connectivity index (χ2n) is 4.42. The predicted molar refractivity (Wildman–Crippen MR) is 72.8 cm³/mol. The molecule has 0 heterocycles. The summed E-state index contributed by atoms with van der Waals surface area (Å²) in [5, 5.41) is 12.3. The fourth-order valence-corrected chi connectivity index (χ4v) is 1.92. The third kappa shape index (κ3) is 3.40. The summed E-state index contributed by atoms with van der Waals surface area (Å²) in [7, 11) is 0.